The second-order valence-corrected chi connectivity index (χ2v) is 7.03. The molecule has 1 aliphatic heterocycles. The second-order valence-electron chi connectivity index (χ2n) is 7.03. The van der Waals surface area contributed by atoms with Gasteiger partial charge in [-0.2, -0.15) is 0 Å². The zero-order valence-corrected chi connectivity index (χ0v) is 15.1. The lowest BCUT2D eigenvalue weighted by molar-refractivity contribution is 0.182. The molecule has 0 atom stereocenters. The van der Waals surface area contributed by atoms with E-state index < -0.39 is 0 Å². The maximum absolute atomic E-state index is 3.41. The van der Waals surface area contributed by atoms with E-state index >= 15 is 0 Å². The highest BCUT2D eigenvalue weighted by atomic mass is 15.1. The topological polar surface area (TPSA) is 15.3 Å². The van der Waals surface area contributed by atoms with Crippen molar-refractivity contribution >= 4 is 6.08 Å². The Morgan fingerprint density at radius 2 is 1.60 bits per heavy atom. The molecular formula is C23H30N2. The lowest BCUT2D eigenvalue weighted by atomic mass is 9.90. The first-order valence-corrected chi connectivity index (χ1v) is 9.61. The summed E-state index contributed by atoms with van der Waals surface area (Å²) in [5.74, 6) is 0.866. The minimum Gasteiger partial charge on any atom is -0.391 e. The van der Waals surface area contributed by atoms with Crippen molar-refractivity contribution in [3.05, 3.63) is 78.0 Å². The molecule has 1 heterocycles. The molecule has 0 amide bonds. The van der Waals surface area contributed by atoms with E-state index in [1.807, 2.05) is 6.07 Å². The molecule has 0 unspecified atom stereocenters. The lowest BCUT2D eigenvalue weighted by Gasteiger charge is -2.32. The van der Waals surface area contributed by atoms with E-state index in [0.717, 1.165) is 12.5 Å². The molecule has 2 aromatic rings. The van der Waals surface area contributed by atoms with Gasteiger partial charge in [0.25, 0.3) is 0 Å². The number of rotatable bonds is 8. The molecule has 3 rings (SSSR count). The Bertz CT molecular complexity index is 613. The summed E-state index contributed by atoms with van der Waals surface area (Å²) < 4.78 is 0. The van der Waals surface area contributed by atoms with Crippen LogP contribution in [0.1, 0.15) is 30.4 Å². The first-order valence-electron chi connectivity index (χ1n) is 9.61. The minimum absolute atomic E-state index is 0.866. The lowest BCUT2D eigenvalue weighted by Crippen LogP contribution is -2.35. The Balaban J connectivity index is 1.26. The SMILES string of the molecule is C(=Cc1ccccc1)NCCCN1CCC(Cc2ccccc2)CC1. The van der Waals surface area contributed by atoms with Crippen molar-refractivity contribution in [3.63, 3.8) is 0 Å². The van der Waals surface area contributed by atoms with Gasteiger partial charge >= 0.3 is 0 Å². The molecule has 132 valence electrons. The molecule has 2 heteroatoms. The number of likely N-dealkylation sites (tertiary alicyclic amines) is 1. The minimum atomic E-state index is 0.866. The van der Waals surface area contributed by atoms with Gasteiger partial charge in [0.1, 0.15) is 0 Å². The first-order chi connectivity index (χ1) is 12.4. The zero-order valence-electron chi connectivity index (χ0n) is 15.1. The van der Waals surface area contributed by atoms with E-state index in [1.54, 1.807) is 0 Å². The van der Waals surface area contributed by atoms with Crippen LogP contribution in [0.4, 0.5) is 0 Å². The molecular weight excluding hydrogens is 304 g/mol. The second kappa shape index (κ2) is 10.0. The van der Waals surface area contributed by atoms with Gasteiger partial charge in [-0.15, -0.1) is 0 Å². The number of hydrogen-bond acceptors (Lipinski definition) is 2. The molecule has 1 aliphatic rings. The van der Waals surface area contributed by atoms with Crippen LogP contribution < -0.4 is 5.32 Å². The number of nitrogens with one attached hydrogen (secondary N) is 1. The van der Waals surface area contributed by atoms with Crippen LogP contribution in [-0.4, -0.2) is 31.1 Å². The summed E-state index contributed by atoms with van der Waals surface area (Å²) >= 11 is 0. The largest absolute Gasteiger partial charge is 0.391 e. The van der Waals surface area contributed by atoms with Crippen molar-refractivity contribution in [2.24, 2.45) is 5.92 Å². The molecule has 1 N–H and O–H groups in total. The molecule has 1 fully saturated rings. The normalized spacial score (nSPS) is 16.3. The monoisotopic (exact) mass is 334 g/mol. The Morgan fingerprint density at radius 1 is 0.920 bits per heavy atom. The summed E-state index contributed by atoms with van der Waals surface area (Å²) in [5.41, 5.74) is 2.74. The number of piperidine rings is 1. The smallest absolute Gasteiger partial charge is 0.0153 e. The molecule has 2 aromatic carbocycles. The molecule has 0 bridgehead atoms. The summed E-state index contributed by atoms with van der Waals surface area (Å²) in [6, 6.07) is 21.4. The Labute approximate surface area is 152 Å². The van der Waals surface area contributed by atoms with Crippen molar-refractivity contribution in [3.8, 4) is 0 Å². The molecule has 2 nitrogen and oxygen atoms in total. The van der Waals surface area contributed by atoms with Gasteiger partial charge < -0.3 is 10.2 Å². The number of nitrogens with zero attached hydrogens (tertiary/aromatic N) is 1. The van der Waals surface area contributed by atoms with Crippen molar-refractivity contribution in [1.82, 2.24) is 10.2 Å². The predicted molar refractivity (Wildman–Crippen MR) is 107 cm³/mol. The quantitative estimate of drug-likeness (QED) is 0.710. The van der Waals surface area contributed by atoms with Gasteiger partial charge in [0, 0.05) is 6.54 Å². The molecule has 0 spiro atoms. The summed E-state index contributed by atoms with van der Waals surface area (Å²) in [7, 11) is 0. The van der Waals surface area contributed by atoms with Gasteiger partial charge in [0.05, 0.1) is 0 Å². The summed E-state index contributed by atoms with van der Waals surface area (Å²) in [6.45, 7) is 4.78. The van der Waals surface area contributed by atoms with Crippen LogP contribution in [0, 0.1) is 5.92 Å². The molecule has 0 aliphatic carbocycles. The van der Waals surface area contributed by atoms with E-state index in [2.05, 4.69) is 77.1 Å². The van der Waals surface area contributed by atoms with Gasteiger partial charge in [-0.3, -0.25) is 0 Å². The van der Waals surface area contributed by atoms with Crippen LogP contribution in [0.15, 0.2) is 66.9 Å². The fraction of sp³-hybridized carbons (Fsp3) is 0.391. The third-order valence-corrected chi connectivity index (χ3v) is 5.06. The summed E-state index contributed by atoms with van der Waals surface area (Å²) in [4.78, 5) is 2.63. The highest BCUT2D eigenvalue weighted by Gasteiger charge is 2.18. The van der Waals surface area contributed by atoms with Gasteiger partial charge in [-0.05, 0) is 74.6 Å². The van der Waals surface area contributed by atoms with Gasteiger partial charge in [-0.1, -0.05) is 60.7 Å². The van der Waals surface area contributed by atoms with Crippen LogP contribution in [0.25, 0.3) is 6.08 Å². The Hall–Kier alpha value is -2.06. The number of hydrogen-bond donors (Lipinski definition) is 1. The molecule has 25 heavy (non-hydrogen) atoms. The van der Waals surface area contributed by atoms with E-state index in [1.165, 1.54) is 56.4 Å². The third-order valence-electron chi connectivity index (χ3n) is 5.06. The average molecular weight is 335 g/mol. The van der Waals surface area contributed by atoms with Crippen LogP contribution in [0.5, 0.6) is 0 Å². The van der Waals surface area contributed by atoms with Gasteiger partial charge in [0.15, 0.2) is 0 Å². The fourth-order valence-corrected chi connectivity index (χ4v) is 3.57. The zero-order chi connectivity index (χ0) is 17.2. The third kappa shape index (κ3) is 6.39. The maximum Gasteiger partial charge on any atom is 0.0153 e. The average Bonchev–Trinajstić information content (AvgIpc) is 2.67. The van der Waals surface area contributed by atoms with Crippen LogP contribution in [-0.2, 0) is 6.42 Å². The van der Waals surface area contributed by atoms with Crippen LogP contribution in [0.2, 0.25) is 0 Å². The van der Waals surface area contributed by atoms with Crippen molar-refractivity contribution < 1.29 is 0 Å². The first kappa shape index (κ1) is 17.8. The van der Waals surface area contributed by atoms with Gasteiger partial charge in [-0.25, -0.2) is 0 Å². The standard InChI is InChI=1S/C23H30N2/c1-3-8-21(9-4-1)12-16-24-15-7-17-25-18-13-23(14-19-25)20-22-10-5-2-6-11-22/h1-6,8-12,16,23-24H,7,13-15,17-20H2. The van der Waals surface area contributed by atoms with Gasteiger partial charge in [0.2, 0.25) is 0 Å². The summed E-state index contributed by atoms with van der Waals surface area (Å²) in [6.07, 6.45) is 9.35. The van der Waals surface area contributed by atoms with Crippen molar-refractivity contribution in [2.45, 2.75) is 25.7 Å². The van der Waals surface area contributed by atoms with E-state index in [0.29, 0.717) is 0 Å². The highest BCUT2D eigenvalue weighted by Crippen LogP contribution is 2.21. The van der Waals surface area contributed by atoms with Crippen molar-refractivity contribution in [1.29, 1.82) is 0 Å². The predicted octanol–water partition coefficient (Wildman–Crippen LogP) is 4.59. The van der Waals surface area contributed by atoms with E-state index in [9.17, 15) is 0 Å². The molecule has 0 aromatic heterocycles. The summed E-state index contributed by atoms with van der Waals surface area (Å²) in [5, 5.41) is 3.41. The molecule has 0 radical (unpaired) electrons. The maximum atomic E-state index is 3.41. The number of benzene rings is 2. The van der Waals surface area contributed by atoms with Crippen LogP contribution in [0.3, 0.4) is 0 Å². The Kier molecular flexibility index (Phi) is 7.14. The molecule has 1 saturated heterocycles. The van der Waals surface area contributed by atoms with E-state index in [-0.39, 0.29) is 0 Å². The van der Waals surface area contributed by atoms with E-state index in [4.69, 9.17) is 0 Å². The molecule has 0 saturated carbocycles. The van der Waals surface area contributed by atoms with Crippen molar-refractivity contribution in [2.75, 3.05) is 26.2 Å². The fourth-order valence-electron chi connectivity index (χ4n) is 3.57. The van der Waals surface area contributed by atoms with Crippen LogP contribution >= 0.6 is 0 Å². The highest BCUT2D eigenvalue weighted by molar-refractivity contribution is 5.48. The Morgan fingerprint density at radius 3 is 2.32 bits per heavy atom.